The highest BCUT2D eigenvalue weighted by Gasteiger charge is 2.21. The minimum atomic E-state index is -0.458. The Morgan fingerprint density at radius 3 is 2.05 bits per heavy atom. The largest absolute Gasteiger partial charge is 0.339 e. The molecule has 0 aliphatic heterocycles. The van der Waals surface area contributed by atoms with Crippen molar-refractivity contribution in [3.63, 3.8) is 0 Å². The highest BCUT2D eigenvalue weighted by molar-refractivity contribution is 5.93. The summed E-state index contributed by atoms with van der Waals surface area (Å²) in [5, 5.41) is 14.0. The SMILES string of the molecule is Cc1ccc(Nc2ccc(NC(=O)C(C)(C)C)nn2)cc1. The Balaban J connectivity index is 2.02. The van der Waals surface area contributed by atoms with E-state index in [1.54, 1.807) is 12.1 Å². The summed E-state index contributed by atoms with van der Waals surface area (Å²) in [7, 11) is 0. The molecule has 5 heteroatoms. The summed E-state index contributed by atoms with van der Waals surface area (Å²) in [6.07, 6.45) is 0. The molecule has 0 aliphatic rings. The van der Waals surface area contributed by atoms with Crippen LogP contribution in [0.25, 0.3) is 0 Å². The lowest BCUT2D eigenvalue weighted by Crippen LogP contribution is -2.28. The molecule has 1 aromatic heterocycles. The number of carbonyl (C=O) groups excluding carboxylic acids is 1. The van der Waals surface area contributed by atoms with Gasteiger partial charge in [0.2, 0.25) is 5.91 Å². The predicted molar refractivity (Wildman–Crippen MR) is 84.6 cm³/mol. The van der Waals surface area contributed by atoms with Crippen molar-refractivity contribution in [2.75, 3.05) is 10.6 Å². The van der Waals surface area contributed by atoms with Crippen molar-refractivity contribution in [3.05, 3.63) is 42.0 Å². The maximum atomic E-state index is 11.8. The number of amides is 1. The van der Waals surface area contributed by atoms with Gasteiger partial charge in [-0.15, -0.1) is 10.2 Å². The maximum Gasteiger partial charge on any atom is 0.230 e. The van der Waals surface area contributed by atoms with Gasteiger partial charge in [0, 0.05) is 11.1 Å². The van der Waals surface area contributed by atoms with Gasteiger partial charge in [0.25, 0.3) is 0 Å². The van der Waals surface area contributed by atoms with Gasteiger partial charge in [-0.25, -0.2) is 0 Å². The van der Waals surface area contributed by atoms with Crippen molar-refractivity contribution < 1.29 is 4.79 Å². The van der Waals surface area contributed by atoms with E-state index >= 15 is 0 Å². The fraction of sp³-hybridized carbons (Fsp3) is 0.312. The third-order valence-corrected chi connectivity index (χ3v) is 2.91. The molecule has 1 aromatic carbocycles. The molecule has 0 spiro atoms. The minimum Gasteiger partial charge on any atom is -0.339 e. The lowest BCUT2D eigenvalue weighted by Gasteiger charge is -2.16. The van der Waals surface area contributed by atoms with E-state index in [2.05, 4.69) is 20.8 Å². The number of nitrogens with zero attached hydrogens (tertiary/aromatic N) is 2. The third kappa shape index (κ3) is 4.27. The molecule has 5 nitrogen and oxygen atoms in total. The van der Waals surface area contributed by atoms with Crippen LogP contribution in [0.4, 0.5) is 17.3 Å². The molecule has 0 fully saturated rings. The first-order valence-corrected chi connectivity index (χ1v) is 6.83. The Morgan fingerprint density at radius 1 is 0.952 bits per heavy atom. The molecule has 2 rings (SSSR count). The number of carbonyl (C=O) groups is 1. The van der Waals surface area contributed by atoms with E-state index in [4.69, 9.17) is 0 Å². The number of aromatic nitrogens is 2. The summed E-state index contributed by atoms with van der Waals surface area (Å²) in [6, 6.07) is 11.5. The average molecular weight is 284 g/mol. The van der Waals surface area contributed by atoms with Crippen molar-refractivity contribution in [1.29, 1.82) is 0 Å². The van der Waals surface area contributed by atoms with E-state index in [9.17, 15) is 4.79 Å². The molecule has 2 N–H and O–H groups in total. The van der Waals surface area contributed by atoms with Gasteiger partial charge in [-0.1, -0.05) is 38.5 Å². The zero-order valence-electron chi connectivity index (χ0n) is 12.8. The number of nitrogens with one attached hydrogen (secondary N) is 2. The first-order valence-electron chi connectivity index (χ1n) is 6.83. The smallest absolute Gasteiger partial charge is 0.230 e. The average Bonchev–Trinajstić information content (AvgIpc) is 2.42. The molecule has 0 aliphatic carbocycles. The number of rotatable bonds is 3. The van der Waals surface area contributed by atoms with Crippen LogP contribution in [0.1, 0.15) is 26.3 Å². The van der Waals surface area contributed by atoms with Crippen LogP contribution in [-0.2, 0) is 4.79 Å². The summed E-state index contributed by atoms with van der Waals surface area (Å²) in [4.78, 5) is 11.8. The molecule has 110 valence electrons. The van der Waals surface area contributed by atoms with Crippen molar-refractivity contribution in [2.24, 2.45) is 5.41 Å². The summed E-state index contributed by atoms with van der Waals surface area (Å²) in [5.74, 6) is 0.994. The van der Waals surface area contributed by atoms with Gasteiger partial charge in [0.15, 0.2) is 11.6 Å². The van der Waals surface area contributed by atoms with Gasteiger partial charge >= 0.3 is 0 Å². The van der Waals surface area contributed by atoms with Crippen LogP contribution in [0.3, 0.4) is 0 Å². The molecule has 0 bridgehead atoms. The van der Waals surface area contributed by atoms with Crippen LogP contribution in [-0.4, -0.2) is 16.1 Å². The number of benzene rings is 1. The molecule has 0 atom stereocenters. The van der Waals surface area contributed by atoms with Crippen LogP contribution < -0.4 is 10.6 Å². The standard InChI is InChI=1S/C16H20N4O/c1-11-5-7-12(8-6-11)17-13-9-10-14(20-19-13)18-15(21)16(2,3)4/h5-10H,1-4H3,(H,17,19)(H,18,20,21). The molecular formula is C16H20N4O. The third-order valence-electron chi connectivity index (χ3n) is 2.91. The number of hydrogen-bond acceptors (Lipinski definition) is 4. The highest BCUT2D eigenvalue weighted by Crippen LogP contribution is 2.18. The Kier molecular flexibility index (Phi) is 4.21. The van der Waals surface area contributed by atoms with E-state index in [0.717, 1.165) is 5.69 Å². The summed E-state index contributed by atoms with van der Waals surface area (Å²) in [5.41, 5.74) is 1.69. The lowest BCUT2D eigenvalue weighted by atomic mass is 9.96. The number of aryl methyl sites for hydroxylation is 1. The van der Waals surface area contributed by atoms with Crippen molar-refractivity contribution in [1.82, 2.24) is 10.2 Å². The van der Waals surface area contributed by atoms with Crippen LogP contribution in [0.2, 0.25) is 0 Å². The molecule has 0 saturated carbocycles. The predicted octanol–water partition coefficient (Wildman–Crippen LogP) is 3.51. The van der Waals surface area contributed by atoms with E-state index in [1.807, 2.05) is 52.0 Å². The Morgan fingerprint density at radius 2 is 1.52 bits per heavy atom. The van der Waals surface area contributed by atoms with Crippen LogP contribution in [0.5, 0.6) is 0 Å². The topological polar surface area (TPSA) is 66.9 Å². The molecule has 2 aromatic rings. The van der Waals surface area contributed by atoms with Gasteiger partial charge in [-0.2, -0.15) is 0 Å². The molecule has 0 radical (unpaired) electrons. The first kappa shape index (κ1) is 15.0. The zero-order chi connectivity index (χ0) is 15.5. The fourth-order valence-electron chi connectivity index (χ4n) is 1.55. The Hall–Kier alpha value is -2.43. The monoisotopic (exact) mass is 284 g/mol. The highest BCUT2D eigenvalue weighted by atomic mass is 16.2. The lowest BCUT2D eigenvalue weighted by molar-refractivity contribution is -0.123. The molecule has 1 heterocycles. The van der Waals surface area contributed by atoms with Gasteiger partial charge in [-0.05, 0) is 31.2 Å². The van der Waals surface area contributed by atoms with Gasteiger partial charge < -0.3 is 10.6 Å². The molecule has 0 unspecified atom stereocenters. The second-order valence-electron chi connectivity index (χ2n) is 6.00. The molecule has 21 heavy (non-hydrogen) atoms. The van der Waals surface area contributed by atoms with Crippen LogP contribution in [0.15, 0.2) is 36.4 Å². The van der Waals surface area contributed by atoms with E-state index < -0.39 is 5.41 Å². The van der Waals surface area contributed by atoms with Gasteiger partial charge in [0.1, 0.15) is 0 Å². The van der Waals surface area contributed by atoms with Gasteiger partial charge in [-0.3, -0.25) is 4.79 Å². The van der Waals surface area contributed by atoms with Crippen molar-refractivity contribution in [2.45, 2.75) is 27.7 Å². The van der Waals surface area contributed by atoms with E-state index in [-0.39, 0.29) is 5.91 Å². The Bertz CT molecular complexity index is 612. The second kappa shape index (κ2) is 5.91. The van der Waals surface area contributed by atoms with Crippen molar-refractivity contribution in [3.8, 4) is 0 Å². The maximum absolute atomic E-state index is 11.8. The molecular weight excluding hydrogens is 264 g/mol. The summed E-state index contributed by atoms with van der Waals surface area (Å²) in [6.45, 7) is 7.59. The van der Waals surface area contributed by atoms with Crippen molar-refractivity contribution >= 4 is 23.2 Å². The molecule has 0 saturated heterocycles. The minimum absolute atomic E-state index is 0.0870. The van der Waals surface area contributed by atoms with Gasteiger partial charge in [0.05, 0.1) is 0 Å². The first-order chi connectivity index (χ1) is 9.84. The van der Waals surface area contributed by atoms with E-state index in [1.165, 1.54) is 5.56 Å². The van der Waals surface area contributed by atoms with Crippen LogP contribution >= 0.6 is 0 Å². The zero-order valence-corrected chi connectivity index (χ0v) is 12.8. The summed E-state index contributed by atoms with van der Waals surface area (Å²) >= 11 is 0. The second-order valence-corrected chi connectivity index (χ2v) is 6.00. The number of anilines is 3. The fourth-order valence-corrected chi connectivity index (χ4v) is 1.55. The van der Waals surface area contributed by atoms with Crippen LogP contribution in [0, 0.1) is 12.3 Å². The Labute approximate surface area is 124 Å². The molecule has 1 amide bonds. The quantitative estimate of drug-likeness (QED) is 0.905. The number of hydrogen-bond donors (Lipinski definition) is 2. The normalized spacial score (nSPS) is 11.0. The van der Waals surface area contributed by atoms with E-state index in [0.29, 0.717) is 11.6 Å². The summed E-state index contributed by atoms with van der Waals surface area (Å²) < 4.78 is 0.